The number of carbonyl (C=O) groups is 1. The van der Waals surface area contributed by atoms with E-state index in [0.717, 1.165) is 0 Å². The number of nitrogens with two attached hydrogens (primary N) is 1. The van der Waals surface area contributed by atoms with Crippen LogP contribution in [0.3, 0.4) is 0 Å². The van der Waals surface area contributed by atoms with E-state index in [0.29, 0.717) is 9.13 Å². The Labute approximate surface area is 87.1 Å². The van der Waals surface area contributed by atoms with Gasteiger partial charge >= 0.3 is 0 Å². The quantitative estimate of drug-likeness (QED) is 0.641. The van der Waals surface area contributed by atoms with Gasteiger partial charge in [0.05, 0.1) is 3.57 Å². The van der Waals surface area contributed by atoms with Gasteiger partial charge in [0.1, 0.15) is 5.56 Å². The first-order valence-electron chi connectivity index (χ1n) is 3.36. The van der Waals surface area contributed by atoms with Crippen molar-refractivity contribution in [3.05, 3.63) is 25.1 Å². The zero-order valence-corrected chi connectivity index (χ0v) is 8.88. The molecule has 0 atom stereocenters. The Morgan fingerprint density at radius 1 is 1.62 bits per heavy atom. The molecule has 1 aromatic rings. The Kier molecular flexibility index (Phi) is 2.60. The lowest BCUT2D eigenvalue weighted by Crippen LogP contribution is -2.20. The summed E-state index contributed by atoms with van der Waals surface area (Å²) in [5, 5.41) is 9.21. The summed E-state index contributed by atoms with van der Waals surface area (Å²) in [6, 6.07) is 0. The SMILES string of the molecule is Cc1c(C(N)=O)c(O)[nH]c(=O)c1I. The highest BCUT2D eigenvalue weighted by atomic mass is 127. The van der Waals surface area contributed by atoms with Crippen molar-refractivity contribution in [1.29, 1.82) is 0 Å². The van der Waals surface area contributed by atoms with Gasteiger partial charge in [0.2, 0.25) is 5.88 Å². The van der Waals surface area contributed by atoms with Crippen molar-refractivity contribution in [1.82, 2.24) is 4.98 Å². The van der Waals surface area contributed by atoms with Crippen LogP contribution in [0.25, 0.3) is 0 Å². The van der Waals surface area contributed by atoms with Gasteiger partial charge in [-0.3, -0.25) is 14.6 Å². The molecule has 0 spiro atoms. The molecule has 0 aliphatic carbocycles. The molecule has 1 aromatic heterocycles. The van der Waals surface area contributed by atoms with Crippen LogP contribution in [-0.4, -0.2) is 16.0 Å². The van der Waals surface area contributed by atoms with Crippen LogP contribution in [0.4, 0.5) is 0 Å². The van der Waals surface area contributed by atoms with E-state index in [4.69, 9.17) is 5.73 Å². The number of hydrogen-bond donors (Lipinski definition) is 3. The zero-order valence-electron chi connectivity index (χ0n) is 6.72. The van der Waals surface area contributed by atoms with Crippen molar-refractivity contribution in [2.45, 2.75) is 6.92 Å². The Morgan fingerprint density at radius 2 is 2.15 bits per heavy atom. The fourth-order valence-corrected chi connectivity index (χ4v) is 1.39. The van der Waals surface area contributed by atoms with Crippen LogP contribution in [0.1, 0.15) is 15.9 Å². The minimum absolute atomic E-state index is 0.0380. The molecule has 0 aliphatic rings. The van der Waals surface area contributed by atoms with E-state index < -0.39 is 17.3 Å². The molecule has 0 fully saturated rings. The summed E-state index contributed by atoms with van der Waals surface area (Å²) in [5.74, 6) is -1.24. The minimum Gasteiger partial charge on any atom is -0.494 e. The van der Waals surface area contributed by atoms with Gasteiger partial charge in [-0.15, -0.1) is 0 Å². The highest BCUT2D eigenvalue weighted by molar-refractivity contribution is 14.1. The van der Waals surface area contributed by atoms with Gasteiger partial charge < -0.3 is 10.8 Å². The van der Waals surface area contributed by atoms with Crippen LogP contribution in [0.15, 0.2) is 4.79 Å². The molecule has 6 heteroatoms. The molecule has 0 saturated heterocycles. The average Bonchev–Trinajstić information content (AvgIpc) is 1.99. The maximum absolute atomic E-state index is 11.1. The van der Waals surface area contributed by atoms with E-state index in [9.17, 15) is 14.7 Å². The Morgan fingerprint density at radius 3 is 2.62 bits per heavy atom. The summed E-state index contributed by atoms with van der Waals surface area (Å²) >= 11 is 1.78. The number of rotatable bonds is 1. The summed E-state index contributed by atoms with van der Waals surface area (Å²) in [5.41, 5.74) is 4.94. The summed E-state index contributed by atoms with van der Waals surface area (Å²) in [7, 11) is 0. The number of amides is 1. The van der Waals surface area contributed by atoms with Crippen LogP contribution < -0.4 is 11.3 Å². The lowest BCUT2D eigenvalue weighted by Gasteiger charge is -2.04. The molecule has 0 radical (unpaired) electrons. The van der Waals surface area contributed by atoms with Crippen molar-refractivity contribution in [2.24, 2.45) is 5.73 Å². The smallest absolute Gasteiger partial charge is 0.264 e. The number of pyridine rings is 1. The Bertz CT molecular complexity index is 424. The third-order valence-electron chi connectivity index (χ3n) is 1.62. The molecule has 1 heterocycles. The highest BCUT2D eigenvalue weighted by Crippen LogP contribution is 2.18. The number of aromatic hydroxyl groups is 1. The first-order valence-corrected chi connectivity index (χ1v) is 4.44. The summed E-state index contributed by atoms with van der Waals surface area (Å²) in [4.78, 5) is 24.0. The second kappa shape index (κ2) is 3.36. The molecule has 0 saturated carbocycles. The summed E-state index contributed by atoms with van der Waals surface area (Å²) < 4.78 is 0.351. The molecule has 5 nitrogen and oxygen atoms in total. The van der Waals surface area contributed by atoms with E-state index in [1.54, 1.807) is 29.5 Å². The molecular weight excluding hydrogens is 287 g/mol. The number of primary amides is 1. The monoisotopic (exact) mass is 294 g/mol. The topological polar surface area (TPSA) is 96.2 Å². The van der Waals surface area contributed by atoms with Gasteiger partial charge in [-0.2, -0.15) is 0 Å². The van der Waals surface area contributed by atoms with E-state index in [-0.39, 0.29) is 5.56 Å². The van der Waals surface area contributed by atoms with Crippen LogP contribution in [-0.2, 0) is 0 Å². The molecule has 1 amide bonds. The number of carbonyl (C=O) groups excluding carboxylic acids is 1. The maximum atomic E-state index is 11.1. The van der Waals surface area contributed by atoms with Gasteiger partial charge in [0.15, 0.2) is 0 Å². The average molecular weight is 294 g/mol. The molecule has 70 valence electrons. The van der Waals surface area contributed by atoms with Crippen molar-refractivity contribution >= 4 is 28.5 Å². The van der Waals surface area contributed by atoms with Crippen LogP contribution in [0.5, 0.6) is 5.88 Å². The molecular formula is C7H7IN2O3. The largest absolute Gasteiger partial charge is 0.494 e. The predicted octanol–water partition coefficient (Wildman–Crippen LogP) is 0.0924. The number of hydrogen-bond acceptors (Lipinski definition) is 3. The first kappa shape index (κ1) is 10.0. The Hall–Kier alpha value is -1.05. The van der Waals surface area contributed by atoms with E-state index in [1.807, 2.05) is 0 Å². The zero-order chi connectivity index (χ0) is 10.2. The maximum Gasteiger partial charge on any atom is 0.264 e. The second-order valence-corrected chi connectivity index (χ2v) is 3.56. The number of H-pyrrole nitrogens is 1. The normalized spacial score (nSPS) is 10.0. The molecule has 1 rings (SSSR count). The van der Waals surface area contributed by atoms with Gasteiger partial charge in [0, 0.05) is 0 Å². The molecule has 4 N–H and O–H groups in total. The van der Waals surface area contributed by atoms with E-state index in [2.05, 4.69) is 4.98 Å². The molecule has 0 unspecified atom stereocenters. The minimum atomic E-state index is -0.760. The molecule has 0 aromatic carbocycles. The second-order valence-electron chi connectivity index (χ2n) is 2.48. The predicted molar refractivity (Wildman–Crippen MR) is 54.7 cm³/mol. The number of aromatic nitrogens is 1. The van der Waals surface area contributed by atoms with Crippen LogP contribution in [0.2, 0.25) is 0 Å². The van der Waals surface area contributed by atoms with Crippen LogP contribution >= 0.6 is 22.6 Å². The van der Waals surface area contributed by atoms with Crippen molar-refractivity contribution in [3.63, 3.8) is 0 Å². The van der Waals surface area contributed by atoms with Crippen molar-refractivity contribution in [3.8, 4) is 5.88 Å². The molecule has 0 bridgehead atoms. The Balaban J connectivity index is 3.63. The van der Waals surface area contributed by atoms with Crippen molar-refractivity contribution < 1.29 is 9.90 Å². The van der Waals surface area contributed by atoms with E-state index >= 15 is 0 Å². The lowest BCUT2D eigenvalue weighted by molar-refractivity contribution is 0.0996. The van der Waals surface area contributed by atoms with Crippen LogP contribution in [0, 0.1) is 10.5 Å². The highest BCUT2D eigenvalue weighted by Gasteiger charge is 2.16. The fraction of sp³-hybridized carbons (Fsp3) is 0.143. The van der Waals surface area contributed by atoms with Gasteiger partial charge in [0.25, 0.3) is 11.5 Å². The van der Waals surface area contributed by atoms with Gasteiger partial charge in [-0.1, -0.05) is 0 Å². The van der Waals surface area contributed by atoms with Gasteiger partial charge in [-0.05, 0) is 35.1 Å². The lowest BCUT2D eigenvalue weighted by atomic mass is 10.1. The molecule has 0 aliphatic heterocycles. The van der Waals surface area contributed by atoms with Crippen molar-refractivity contribution in [2.75, 3.05) is 0 Å². The number of nitrogens with one attached hydrogen (secondary N) is 1. The summed E-state index contributed by atoms with van der Waals surface area (Å²) in [6.07, 6.45) is 0. The fourth-order valence-electron chi connectivity index (χ4n) is 0.984. The third-order valence-corrected chi connectivity index (χ3v) is 2.92. The van der Waals surface area contributed by atoms with Gasteiger partial charge in [-0.25, -0.2) is 0 Å². The third kappa shape index (κ3) is 1.67. The summed E-state index contributed by atoms with van der Waals surface area (Å²) in [6.45, 7) is 1.55. The van der Waals surface area contributed by atoms with E-state index in [1.165, 1.54) is 0 Å². The standard InChI is InChI=1S/C7H7IN2O3/c1-2-3(5(9)11)6(12)10-7(13)4(2)8/h1H3,(H2,9,11)(H2,10,12,13). The molecule has 13 heavy (non-hydrogen) atoms. The number of aromatic amines is 1. The first-order chi connectivity index (χ1) is 5.95. The number of halogens is 1.